The third kappa shape index (κ3) is 4.17. The van der Waals surface area contributed by atoms with Gasteiger partial charge in [-0.1, -0.05) is 0 Å². The number of aromatic carboxylic acids is 1. The number of ether oxygens (including phenoxy) is 1. The molecule has 0 radical (unpaired) electrons. The Kier molecular flexibility index (Phi) is 5.00. The van der Waals surface area contributed by atoms with Crippen LogP contribution < -0.4 is 10.5 Å². The fraction of sp³-hybridized carbons (Fsp3) is 0.200. The standard InChI is InChI=1S/C10H11FN2O6S/c11-7-5-6(9(14)15)1-2-8(7)20(17,18)13-3-4-19-10(12)16/h1-2,5,13H,3-4H2,(H2,12,16)(H,14,15). The Morgan fingerprint density at radius 2 is 2.05 bits per heavy atom. The van der Waals surface area contributed by atoms with Crippen molar-refractivity contribution in [2.24, 2.45) is 5.73 Å². The highest BCUT2D eigenvalue weighted by Crippen LogP contribution is 2.15. The maximum atomic E-state index is 13.6. The van der Waals surface area contributed by atoms with Crippen LogP contribution in [0.15, 0.2) is 23.1 Å². The minimum Gasteiger partial charge on any atom is -0.478 e. The number of benzene rings is 1. The van der Waals surface area contributed by atoms with Crippen molar-refractivity contribution in [3.8, 4) is 0 Å². The van der Waals surface area contributed by atoms with Crippen LogP contribution >= 0.6 is 0 Å². The second-order valence-corrected chi connectivity index (χ2v) is 5.25. The number of halogens is 1. The molecule has 0 saturated heterocycles. The molecule has 1 aromatic rings. The van der Waals surface area contributed by atoms with Gasteiger partial charge in [-0.2, -0.15) is 0 Å². The summed E-state index contributed by atoms with van der Waals surface area (Å²) in [6.45, 7) is -0.616. The van der Waals surface area contributed by atoms with Crippen LogP contribution in [0.3, 0.4) is 0 Å². The number of carboxylic acids is 1. The lowest BCUT2D eigenvalue weighted by molar-refractivity contribution is 0.0696. The molecule has 0 bridgehead atoms. The first kappa shape index (κ1) is 15.9. The molecule has 10 heteroatoms. The lowest BCUT2D eigenvalue weighted by atomic mass is 10.2. The highest BCUT2D eigenvalue weighted by molar-refractivity contribution is 7.89. The summed E-state index contributed by atoms with van der Waals surface area (Å²) in [7, 11) is -4.18. The van der Waals surface area contributed by atoms with Crippen LogP contribution in [0.4, 0.5) is 9.18 Å². The second kappa shape index (κ2) is 6.30. The molecule has 110 valence electrons. The molecule has 0 saturated carbocycles. The Bertz CT molecular complexity index is 631. The number of carboxylic acid groups (broad SMARTS) is 1. The number of hydrogen-bond donors (Lipinski definition) is 3. The molecule has 0 spiro atoms. The van der Waals surface area contributed by atoms with E-state index in [9.17, 15) is 22.4 Å². The Balaban J connectivity index is 2.82. The molecule has 1 amide bonds. The summed E-state index contributed by atoms with van der Waals surface area (Å²) in [4.78, 5) is 20.1. The summed E-state index contributed by atoms with van der Waals surface area (Å²) in [5.41, 5.74) is 4.29. The highest BCUT2D eigenvalue weighted by Gasteiger charge is 2.20. The first-order chi connectivity index (χ1) is 9.24. The zero-order valence-corrected chi connectivity index (χ0v) is 10.8. The van der Waals surface area contributed by atoms with E-state index in [0.717, 1.165) is 12.1 Å². The summed E-state index contributed by atoms with van der Waals surface area (Å²) in [5.74, 6) is -2.58. The van der Waals surface area contributed by atoms with Gasteiger partial charge in [-0.25, -0.2) is 27.1 Å². The number of carbonyl (C=O) groups is 2. The van der Waals surface area contributed by atoms with Crippen molar-refractivity contribution in [2.75, 3.05) is 13.2 Å². The Morgan fingerprint density at radius 3 is 2.55 bits per heavy atom. The van der Waals surface area contributed by atoms with Crippen LogP contribution in [0.25, 0.3) is 0 Å². The number of nitrogens with one attached hydrogen (secondary N) is 1. The molecule has 0 aliphatic carbocycles. The summed E-state index contributed by atoms with van der Waals surface area (Å²) < 4.78 is 43.2. The maximum Gasteiger partial charge on any atom is 0.404 e. The first-order valence-corrected chi connectivity index (χ1v) is 6.67. The lowest BCUT2D eigenvalue weighted by Gasteiger charge is -2.08. The summed E-state index contributed by atoms with van der Waals surface area (Å²) >= 11 is 0. The maximum absolute atomic E-state index is 13.6. The summed E-state index contributed by atoms with van der Waals surface area (Å²) in [6.07, 6.45) is -1.07. The van der Waals surface area contributed by atoms with E-state index in [-0.39, 0.29) is 18.7 Å². The van der Waals surface area contributed by atoms with E-state index in [0.29, 0.717) is 6.07 Å². The molecule has 0 heterocycles. The zero-order valence-electron chi connectivity index (χ0n) is 10.00. The third-order valence-electron chi connectivity index (χ3n) is 2.11. The van der Waals surface area contributed by atoms with Crippen LogP contribution in [0.2, 0.25) is 0 Å². The molecule has 0 aliphatic rings. The second-order valence-electron chi connectivity index (χ2n) is 3.52. The molecule has 0 unspecified atom stereocenters. The first-order valence-electron chi connectivity index (χ1n) is 5.19. The fourth-order valence-corrected chi connectivity index (χ4v) is 2.33. The largest absolute Gasteiger partial charge is 0.478 e. The van der Waals surface area contributed by atoms with Crippen LogP contribution in [0, 0.1) is 5.82 Å². The minimum atomic E-state index is -4.18. The number of primary amides is 1. The molecule has 1 aromatic carbocycles. The summed E-state index contributed by atoms with van der Waals surface area (Å²) in [6, 6.07) is 2.38. The van der Waals surface area contributed by atoms with Crippen LogP contribution in [0.1, 0.15) is 10.4 Å². The van der Waals surface area contributed by atoms with Gasteiger partial charge in [0.1, 0.15) is 17.3 Å². The average molecular weight is 306 g/mol. The Morgan fingerprint density at radius 1 is 1.40 bits per heavy atom. The van der Waals surface area contributed by atoms with E-state index >= 15 is 0 Å². The van der Waals surface area contributed by atoms with Crippen molar-refractivity contribution in [1.29, 1.82) is 0 Å². The van der Waals surface area contributed by atoms with Gasteiger partial charge in [0.2, 0.25) is 10.0 Å². The molecule has 0 aromatic heterocycles. The van der Waals surface area contributed by atoms with Crippen molar-refractivity contribution in [3.63, 3.8) is 0 Å². The number of nitrogens with two attached hydrogens (primary N) is 1. The van der Waals surface area contributed by atoms with Crippen molar-refractivity contribution in [2.45, 2.75) is 4.90 Å². The monoisotopic (exact) mass is 306 g/mol. The van der Waals surface area contributed by atoms with E-state index in [4.69, 9.17) is 5.11 Å². The number of sulfonamides is 1. The number of amides is 1. The predicted octanol–water partition coefficient (Wildman–Crippen LogP) is -0.102. The third-order valence-corrected chi connectivity index (χ3v) is 3.60. The Hall–Kier alpha value is -2.20. The van der Waals surface area contributed by atoms with Gasteiger partial charge < -0.3 is 15.6 Å². The van der Waals surface area contributed by atoms with Gasteiger partial charge in [-0.3, -0.25) is 0 Å². The van der Waals surface area contributed by atoms with E-state index in [2.05, 4.69) is 10.5 Å². The quantitative estimate of drug-likeness (QED) is 0.628. The average Bonchev–Trinajstić information content (AvgIpc) is 2.34. The summed E-state index contributed by atoms with van der Waals surface area (Å²) in [5, 5.41) is 8.64. The van der Waals surface area contributed by atoms with Crippen molar-refractivity contribution in [1.82, 2.24) is 4.72 Å². The van der Waals surface area contributed by atoms with Crippen molar-refractivity contribution in [3.05, 3.63) is 29.6 Å². The normalized spacial score (nSPS) is 11.1. The number of carbonyl (C=O) groups excluding carboxylic acids is 1. The SMILES string of the molecule is NC(=O)OCCNS(=O)(=O)c1ccc(C(=O)O)cc1F. The molecular formula is C10H11FN2O6S. The van der Waals surface area contributed by atoms with Gasteiger partial charge in [0.15, 0.2) is 0 Å². The van der Waals surface area contributed by atoms with Crippen LogP contribution in [-0.4, -0.2) is 38.7 Å². The van der Waals surface area contributed by atoms with E-state index in [1.807, 2.05) is 4.72 Å². The molecular weight excluding hydrogens is 295 g/mol. The Labute approximate surface area is 113 Å². The van der Waals surface area contributed by atoms with Crippen molar-refractivity contribution < 1.29 is 32.2 Å². The molecule has 0 fully saturated rings. The topological polar surface area (TPSA) is 136 Å². The van der Waals surface area contributed by atoms with E-state index in [1.165, 1.54) is 0 Å². The predicted molar refractivity (Wildman–Crippen MR) is 64.1 cm³/mol. The van der Waals surface area contributed by atoms with Crippen LogP contribution in [0.5, 0.6) is 0 Å². The van der Waals surface area contributed by atoms with Crippen molar-refractivity contribution >= 4 is 22.1 Å². The van der Waals surface area contributed by atoms with Gasteiger partial charge in [0, 0.05) is 6.54 Å². The van der Waals surface area contributed by atoms with Gasteiger partial charge in [0.05, 0.1) is 5.56 Å². The van der Waals surface area contributed by atoms with E-state index < -0.39 is 32.8 Å². The van der Waals surface area contributed by atoms with Gasteiger partial charge >= 0.3 is 12.1 Å². The van der Waals surface area contributed by atoms with Crippen LogP contribution in [-0.2, 0) is 14.8 Å². The molecule has 0 atom stereocenters. The van der Waals surface area contributed by atoms with E-state index in [1.54, 1.807) is 0 Å². The number of hydrogen-bond acceptors (Lipinski definition) is 5. The molecule has 8 nitrogen and oxygen atoms in total. The smallest absolute Gasteiger partial charge is 0.404 e. The lowest BCUT2D eigenvalue weighted by Crippen LogP contribution is -2.29. The minimum absolute atomic E-state index is 0.300. The van der Waals surface area contributed by atoms with Gasteiger partial charge in [0.25, 0.3) is 0 Å². The molecule has 4 N–H and O–H groups in total. The highest BCUT2D eigenvalue weighted by atomic mass is 32.2. The van der Waals surface area contributed by atoms with Gasteiger partial charge in [-0.15, -0.1) is 0 Å². The number of rotatable bonds is 6. The zero-order chi connectivity index (χ0) is 15.3. The molecule has 20 heavy (non-hydrogen) atoms. The van der Waals surface area contributed by atoms with Gasteiger partial charge in [-0.05, 0) is 18.2 Å². The molecule has 1 rings (SSSR count). The molecule has 0 aliphatic heterocycles. The fourth-order valence-electron chi connectivity index (χ4n) is 1.26.